The number of piperidine rings is 1. The number of carbonyl (C=O) groups excluding carboxylic acids is 1. The molecule has 0 N–H and O–H groups in total. The maximum atomic E-state index is 13.8. The predicted molar refractivity (Wildman–Crippen MR) is 117 cm³/mol. The zero-order valence-corrected chi connectivity index (χ0v) is 18.4. The fourth-order valence-corrected chi connectivity index (χ4v) is 4.48. The Balaban J connectivity index is 1.42. The largest absolute Gasteiger partial charge is 0.397 e. The number of likely N-dealkylation sites (tertiary alicyclic amines) is 1. The van der Waals surface area contributed by atoms with E-state index in [9.17, 15) is 22.4 Å². The zero-order valence-electron chi connectivity index (χ0n) is 18.4. The first-order chi connectivity index (χ1) is 16.3. The highest BCUT2D eigenvalue weighted by atomic mass is 19.4. The molecule has 11 heteroatoms. The highest BCUT2D eigenvalue weighted by Gasteiger charge is 2.37. The number of amides is 1. The van der Waals surface area contributed by atoms with Crippen LogP contribution in [0.4, 0.5) is 23.4 Å². The van der Waals surface area contributed by atoms with E-state index in [4.69, 9.17) is 4.98 Å². The number of imidazole rings is 1. The molecular formula is C23H24F4N6O. The molecule has 1 saturated heterocycles. The molecule has 1 amide bonds. The van der Waals surface area contributed by atoms with Crippen LogP contribution in [0.5, 0.6) is 0 Å². The summed E-state index contributed by atoms with van der Waals surface area (Å²) in [5.41, 5.74) is 1.10. The first-order valence-corrected chi connectivity index (χ1v) is 11.3. The van der Waals surface area contributed by atoms with Crippen molar-refractivity contribution in [2.75, 3.05) is 24.5 Å². The standard InChI is InChI=1S/C23H24F4N6O/c24-16-5-6-19-29-11-18(33(19)13-16)22-28-8-7-20(30-22)32(12-15-3-4-15)17-2-1-9-31(14-17)21(34)10-23(25,26)27/h5-8,11,13,15,17H,1-4,9-10,12,14H2/t17-/m1/s1. The molecule has 5 rings (SSSR count). The molecule has 2 fully saturated rings. The second kappa shape index (κ2) is 8.84. The number of carbonyl (C=O) groups is 1. The average Bonchev–Trinajstić information content (AvgIpc) is 3.53. The van der Waals surface area contributed by atoms with Gasteiger partial charge in [-0.15, -0.1) is 0 Å². The van der Waals surface area contributed by atoms with Gasteiger partial charge in [0.1, 0.15) is 29.4 Å². The van der Waals surface area contributed by atoms with Crippen LogP contribution in [0, 0.1) is 11.7 Å². The topological polar surface area (TPSA) is 66.6 Å². The fourth-order valence-electron chi connectivity index (χ4n) is 4.48. The van der Waals surface area contributed by atoms with E-state index in [1.807, 2.05) is 0 Å². The lowest BCUT2D eigenvalue weighted by molar-refractivity contribution is -0.162. The van der Waals surface area contributed by atoms with E-state index in [0.717, 1.165) is 19.3 Å². The Kier molecular flexibility index (Phi) is 5.86. The van der Waals surface area contributed by atoms with Gasteiger partial charge in [0.2, 0.25) is 5.91 Å². The Bertz CT molecular complexity index is 1190. The van der Waals surface area contributed by atoms with Gasteiger partial charge in [0.25, 0.3) is 0 Å². The van der Waals surface area contributed by atoms with Crippen molar-refractivity contribution >= 4 is 17.4 Å². The third kappa shape index (κ3) is 4.97. The van der Waals surface area contributed by atoms with E-state index in [2.05, 4.69) is 14.9 Å². The van der Waals surface area contributed by atoms with E-state index in [1.54, 1.807) is 28.9 Å². The number of pyridine rings is 1. The molecule has 1 atom stereocenters. The van der Waals surface area contributed by atoms with Crippen LogP contribution >= 0.6 is 0 Å². The first-order valence-electron chi connectivity index (χ1n) is 11.3. The quantitative estimate of drug-likeness (QED) is 0.502. The molecule has 180 valence electrons. The van der Waals surface area contributed by atoms with Crippen LogP contribution in [0.1, 0.15) is 32.1 Å². The molecule has 0 bridgehead atoms. The van der Waals surface area contributed by atoms with Crippen LogP contribution in [0.25, 0.3) is 17.2 Å². The van der Waals surface area contributed by atoms with Crippen molar-refractivity contribution in [3.05, 3.63) is 42.6 Å². The van der Waals surface area contributed by atoms with Gasteiger partial charge < -0.3 is 9.80 Å². The molecule has 34 heavy (non-hydrogen) atoms. The number of halogens is 4. The maximum Gasteiger partial charge on any atom is 0.397 e. The van der Waals surface area contributed by atoms with Crippen molar-refractivity contribution in [2.24, 2.45) is 5.92 Å². The summed E-state index contributed by atoms with van der Waals surface area (Å²) in [5.74, 6) is 0.198. The van der Waals surface area contributed by atoms with Gasteiger partial charge in [0.05, 0.1) is 6.20 Å². The lowest BCUT2D eigenvalue weighted by atomic mass is 10.0. The Morgan fingerprint density at radius 2 is 1.97 bits per heavy atom. The summed E-state index contributed by atoms with van der Waals surface area (Å²) >= 11 is 0. The smallest absolute Gasteiger partial charge is 0.351 e. The molecular weight excluding hydrogens is 452 g/mol. The lowest BCUT2D eigenvalue weighted by Gasteiger charge is -2.40. The number of hydrogen-bond acceptors (Lipinski definition) is 5. The number of aromatic nitrogens is 4. The van der Waals surface area contributed by atoms with Crippen molar-refractivity contribution in [1.82, 2.24) is 24.3 Å². The van der Waals surface area contributed by atoms with Gasteiger partial charge in [-0.2, -0.15) is 13.2 Å². The predicted octanol–water partition coefficient (Wildman–Crippen LogP) is 4.09. The van der Waals surface area contributed by atoms with Crippen LogP contribution in [0.3, 0.4) is 0 Å². The lowest BCUT2D eigenvalue weighted by Crippen LogP contribution is -2.51. The van der Waals surface area contributed by atoms with Gasteiger partial charge >= 0.3 is 6.18 Å². The molecule has 0 unspecified atom stereocenters. The minimum Gasteiger partial charge on any atom is -0.351 e. The van der Waals surface area contributed by atoms with E-state index in [0.29, 0.717) is 48.4 Å². The minimum absolute atomic E-state index is 0.145. The zero-order chi connectivity index (χ0) is 23.9. The number of anilines is 1. The van der Waals surface area contributed by atoms with Gasteiger partial charge in [0, 0.05) is 38.1 Å². The van der Waals surface area contributed by atoms with Gasteiger partial charge in [0.15, 0.2) is 5.82 Å². The molecule has 0 radical (unpaired) electrons. The monoisotopic (exact) mass is 476 g/mol. The Labute approximate surface area is 193 Å². The number of rotatable bonds is 6. The third-order valence-corrected chi connectivity index (χ3v) is 6.33. The molecule has 3 aromatic heterocycles. The highest BCUT2D eigenvalue weighted by molar-refractivity contribution is 5.77. The van der Waals surface area contributed by atoms with E-state index < -0.39 is 24.3 Å². The van der Waals surface area contributed by atoms with Crippen molar-refractivity contribution in [1.29, 1.82) is 0 Å². The number of alkyl halides is 3. The van der Waals surface area contributed by atoms with Crippen LogP contribution in [-0.2, 0) is 4.79 Å². The van der Waals surface area contributed by atoms with E-state index >= 15 is 0 Å². The summed E-state index contributed by atoms with van der Waals surface area (Å²) in [6, 6.07) is 4.52. The fraction of sp³-hybridized carbons (Fsp3) is 0.478. The summed E-state index contributed by atoms with van der Waals surface area (Å²) in [6.07, 6.45) is 2.11. The summed E-state index contributed by atoms with van der Waals surface area (Å²) in [6.45, 7) is 1.26. The van der Waals surface area contributed by atoms with E-state index in [-0.39, 0.29) is 12.6 Å². The van der Waals surface area contributed by atoms with Gasteiger partial charge in [-0.25, -0.2) is 19.3 Å². The Morgan fingerprint density at radius 1 is 1.15 bits per heavy atom. The number of hydrogen-bond donors (Lipinski definition) is 0. The van der Waals surface area contributed by atoms with Crippen molar-refractivity contribution in [3.63, 3.8) is 0 Å². The van der Waals surface area contributed by atoms with Gasteiger partial charge in [-0.1, -0.05) is 0 Å². The molecule has 3 aromatic rings. The normalized spacial score (nSPS) is 18.9. The molecule has 7 nitrogen and oxygen atoms in total. The second-order valence-corrected chi connectivity index (χ2v) is 8.98. The molecule has 2 aliphatic rings. The molecule has 0 aromatic carbocycles. The molecule has 0 spiro atoms. The minimum atomic E-state index is -4.52. The highest BCUT2D eigenvalue weighted by Crippen LogP contribution is 2.34. The number of nitrogens with zero attached hydrogens (tertiary/aromatic N) is 6. The summed E-state index contributed by atoms with van der Waals surface area (Å²) < 4.78 is 53.7. The van der Waals surface area contributed by atoms with Gasteiger partial charge in [-0.3, -0.25) is 9.20 Å². The Morgan fingerprint density at radius 3 is 2.74 bits per heavy atom. The molecule has 4 heterocycles. The third-order valence-electron chi connectivity index (χ3n) is 6.33. The summed E-state index contributed by atoms with van der Waals surface area (Å²) in [5, 5.41) is 0. The second-order valence-electron chi connectivity index (χ2n) is 8.98. The molecule has 1 aliphatic heterocycles. The maximum absolute atomic E-state index is 13.8. The van der Waals surface area contributed by atoms with Crippen molar-refractivity contribution < 1.29 is 22.4 Å². The first kappa shape index (κ1) is 22.5. The molecule has 1 aliphatic carbocycles. The van der Waals surface area contributed by atoms with Crippen LogP contribution in [0.15, 0.2) is 36.8 Å². The average molecular weight is 476 g/mol. The number of fused-ring (bicyclic) bond motifs is 1. The van der Waals surface area contributed by atoms with Gasteiger partial charge in [-0.05, 0) is 49.8 Å². The summed E-state index contributed by atoms with van der Waals surface area (Å²) in [4.78, 5) is 29.0. The Hall–Kier alpha value is -3.24. The SMILES string of the molecule is O=C(CC(F)(F)F)N1CCC[C@@H](N(CC2CC2)c2ccnc(-c3cnc4ccc(F)cn34)n2)C1. The van der Waals surface area contributed by atoms with E-state index in [1.165, 1.54) is 17.2 Å². The van der Waals surface area contributed by atoms with Crippen molar-refractivity contribution in [3.8, 4) is 11.5 Å². The molecule has 1 saturated carbocycles. The van der Waals surface area contributed by atoms with Crippen LogP contribution in [0.2, 0.25) is 0 Å². The van der Waals surface area contributed by atoms with Crippen LogP contribution < -0.4 is 4.90 Å². The van der Waals surface area contributed by atoms with Crippen LogP contribution in [-0.4, -0.2) is 62.0 Å². The summed E-state index contributed by atoms with van der Waals surface area (Å²) in [7, 11) is 0. The van der Waals surface area contributed by atoms with Crippen molar-refractivity contribution in [2.45, 2.75) is 44.3 Å².